The number of rotatable bonds is 4. The minimum Gasteiger partial charge on any atom is -0.451 e. The van der Waals surface area contributed by atoms with E-state index in [2.05, 4.69) is 13.8 Å². The van der Waals surface area contributed by atoms with Gasteiger partial charge in [-0.1, -0.05) is 38.1 Å². The van der Waals surface area contributed by atoms with Crippen LogP contribution in [0.2, 0.25) is 0 Å². The molecule has 0 saturated heterocycles. The molecular weight excluding hydrogens is 228 g/mol. The van der Waals surface area contributed by atoms with Crippen molar-refractivity contribution in [2.45, 2.75) is 46.1 Å². The predicted molar refractivity (Wildman–Crippen MR) is 70.7 cm³/mol. The molecule has 0 saturated carbocycles. The maximum Gasteiger partial charge on any atom is 0.303 e. The molecule has 0 spiro atoms. The summed E-state index contributed by atoms with van der Waals surface area (Å²) in [7, 11) is 0. The van der Waals surface area contributed by atoms with Gasteiger partial charge in [0, 0.05) is 12.5 Å². The highest BCUT2D eigenvalue weighted by molar-refractivity contribution is 6.02. The van der Waals surface area contributed by atoms with Gasteiger partial charge in [0.05, 0.1) is 0 Å². The molecule has 0 aliphatic rings. The van der Waals surface area contributed by atoms with Gasteiger partial charge >= 0.3 is 5.97 Å². The fourth-order valence-electron chi connectivity index (χ4n) is 1.77. The van der Waals surface area contributed by atoms with E-state index in [0.717, 1.165) is 0 Å². The summed E-state index contributed by atoms with van der Waals surface area (Å²) in [5, 5.41) is 0. The Morgan fingerprint density at radius 1 is 1.11 bits per heavy atom. The molecule has 3 heteroatoms. The number of ketones is 1. The van der Waals surface area contributed by atoms with Crippen LogP contribution >= 0.6 is 0 Å². The van der Waals surface area contributed by atoms with Crippen LogP contribution in [0, 0.1) is 0 Å². The summed E-state index contributed by atoms with van der Waals surface area (Å²) in [6, 6.07) is 7.43. The fourth-order valence-corrected chi connectivity index (χ4v) is 1.77. The zero-order valence-corrected chi connectivity index (χ0v) is 11.6. The molecule has 98 valence electrons. The molecule has 0 aromatic heterocycles. The minimum atomic E-state index is -1.12. The molecule has 0 aliphatic carbocycles. The number of carbonyl (C=O) groups excluding carboxylic acids is 2. The van der Waals surface area contributed by atoms with Crippen molar-refractivity contribution in [1.29, 1.82) is 0 Å². The first-order chi connectivity index (χ1) is 8.24. The first-order valence-corrected chi connectivity index (χ1v) is 6.08. The van der Waals surface area contributed by atoms with Crippen molar-refractivity contribution < 1.29 is 14.3 Å². The monoisotopic (exact) mass is 248 g/mol. The smallest absolute Gasteiger partial charge is 0.303 e. The predicted octanol–water partition coefficient (Wildman–Crippen LogP) is 3.33. The third kappa shape index (κ3) is 3.42. The Balaban J connectivity index is 2.93. The van der Waals surface area contributed by atoms with E-state index in [1.165, 1.54) is 12.5 Å². The summed E-state index contributed by atoms with van der Waals surface area (Å²) in [5.41, 5.74) is 0.619. The number of carbonyl (C=O) groups is 2. The molecule has 0 atom stereocenters. The van der Waals surface area contributed by atoms with Gasteiger partial charge in [-0.2, -0.15) is 0 Å². The van der Waals surface area contributed by atoms with Crippen LogP contribution in [0.5, 0.6) is 0 Å². The van der Waals surface area contributed by atoms with Gasteiger partial charge in [0.1, 0.15) is 0 Å². The Kier molecular flexibility index (Phi) is 4.28. The minimum absolute atomic E-state index is 0.187. The second-order valence-electron chi connectivity index (χ2n) is 5.21. The van der Waals surface area contributed by atoms with Crippen molar-refractivity contribution in [3.05, 3.63) is 35.4 Å². The van der Waals surface area contributed by atoms with Crippen LogP contribution in [0.25, 0.3) is 0 Å². The molecule has 0 amide bonds. The number of benzene rings is 1. The Hall–Kier alpha value is -1.64. The Labute approximate surface area is 108 Å². The van der Waals surface area contributed by atoms with Gasteiger partial charge in [-0.05, 0) is 25.3 Å². The van der Waals surface area contributed by atoms with Crippen LogP contribution in [0.3, 0.4) is 0 Å². The quantitative estimate of drug-likeness (QED) is 0.606. The van der Waals surface area contributed by atoms with Crippen molar-refractivity contribution in [2.75, 3.05) is 0 Å². The van der Waals surface area contributed by atoms with Crippen molar-refractivity contribution in [2.24, 2.45) is 0 Å². The molecule has 0 N–H and O–H groups in total. The molecule has 18 heavy (non-hydrogen) atoms. The second kappa shape index (κ2) is 5.34. The van der Waals surface area contributed by atoms with E-state index in [1.807, 2.05) is 12.1 Å². The molecule has 1 aromatic carbocycles. The van der Waals surface area contributed by atoms with E-state index in [9.17, 15) is 9.59 Å². The van der Waals surface area contributed by atoms with E-state index in [0.29, 0.717) is 11.5 Å². The number of Topliss-reactive ketones (excluding diaryl/α,β-unsaturated/α-hetero) is 1. The van der Waals surface area contributed by atoms with Crippen molar-refractivity contribution in [3.63, 3.8) is 0 Å². The van der Waals surface area contributed by atoms with E-state index in [-0.39, 0.29) is 5.78 Å². The Morgan fingerprint density at radius 3 is 2.00 bits per heavy atom. The van der Waals surface area contributed by atoms with Gasteiger partial charge in [-0.3, -0.25) is 9.59 Å². The summed E-state index contributed by atoms with van der Waals surface area (Å²) >= 11 is 0. The van der Waals surface area contributed by atoms with Gasteiger partial charge in [0.15, 0.2) is 5.60 Å². The lowest BCUT2D eigenvalue weighted by molar-refractivity contribution is -0.149. The van der Waals surface area contributed by atoms with E-state index < -0.39 is 11.6 Å². The van der Waals surface area contributed by atoms with Crippen molar-refractivity contribution >= 4 is 11.8 Å². The van der Waals surface area contributed by atoms with E-state index in [1.54, 1.807) is 26.0 Å². The summed E-state index contributed by atoms with van der Waals surface area (Å²) in [6.07, 6.45) is 0. The first-order valence-electron chi connectivity index (χ1n) is 6.08. The normalized spacial score (nSPS) is 11.4. The van der Waals surface area contributed by atoms with Crippen molar-refractivity contribution in [3.8, 4) is 0 Å². The number of ether oxygens (including phenoxy) is 1. The van der Waals surface area contributed by atoms with Crippen LogP contribution in [0.1, 0.15) is 56.5 Å². The molecule has 0 heterocycles. The molecule has 0 aliphatic heterocycles. The van der Waals surface area contributed by atoms with Crippen LogP contribution in [-0.4, -0.2) is 17.4 Å². The molecule has 0 bridgehead atoms. The Morgan fingerprint density at radius 2 is 1.61 bits per heavy atom. The SMILES string of the molecule is CC(=O)OC(C)(C)C(=O)c1ccc(C(C)C)cc1. The van der Waals surface area contributed by atoms with Crippen molar-refractivity contribution in [1.82, 2.24) is 0 Å². The zero-order chi connectivity index (χ0) is 13.9. The summed E-state index contributed by atoms with van der Waals surface area (Å²) in [4.78, 5) is 23.2. The second-order valence-corrected chi connectivity index (χ2v) is 5.21. The van der Waals surface area contributed by atoms with Crippen LogP contribution in [0.4, 0.5) is 0 Å². The van der Waals surface area contributed by atoms with Crippen LogP contribution in [0.15, 0.2) is 24.3 Å². The Bertz CT molecular complexity index is 441. The summed E-state index contributed by atoms with van der Waals surface area (Å²) in [5.74, 6) is -0.212. The summed E-state index contributed by atoms with van der Waals surface area (Å²) in [6.45, 7) is 8.70. The lowest BCUT2D eigenvalue weighted by Gasteiger charge is -2.23. The highest BCUT2D eigenvalue weighted by atomic mass is 16.6. The van der Waals surface area contributed by atoms with Gasteiger partial charge < -0.3 is 4.74 Å². The molecule has 0 radical (unpaired) electrons. The maximum atomic E-state index is 12.2. The molecule has 3 nitrogen and oxygen atoms in total. The average Bonchev–Trinajstić information content (AvgIpc) is 2.26. The lowest BCUT2D eigenvalue weighted by Crippen LogP contribution is -2.36. The largest absolute Gasteiger partial charge is 0.451 e. The molecule has 0 unspecified atom stereocenters. The third-order valence-corrected chi connectivity index (χ3v) is 2.79. The average molecular weight is 248 g/mol. The van der Waals surface area contributed by atoms with Crippen LogP contribution < -0.4 is 0 Å². The number of esters is 1. The topological polar surface area (TPSA) is 43.4 Å². The summed E-state index contributed by atoms with van der Waals surface area (Å²) < 4.78 is 5.04. The third-order valence-electron chi connectivity index (χ3n) is 2.79. The van der Waals surface area contributed by atoms with Gasteiger partial charge in [-0.25, -0.2) is 0 Å². The van der Waals surface area contributed by atoms with Gasteiger partial charge in [0.25, 0.3) is 0 Å². The molecule has 0 fully saturated rings. The molecule has 1 rings (SSSR count). The van der Waals surface area contributed by atoms with Crippen LogP contribution in [-0.2, 0) is 9.53 Å². The van der Waals surface area contributed by atoms with Gasteiger partial charge in [0.2, 0.25) is 5.78 Å². The van der Waals surface area contributed by atoms with E-state index in [4.69, 9.17) is 4.74 Å². The lowest BCUT2D eigenvalue weighted by atomic mass is 9.94. The number of hydrogen-bond acceptors (Lipinski definition) is 3. The maximum absolute atomic E-state index is 12.2. The standard InChI is InChI=1S/C15H20O3/c1-10(2)12-6-8-13(9-7-12)14(17)15(4,5)18-11(3)16/h6-10H,1-5H3. The molecule has 1 aromatic rings. The van der Waals surface area contributed by atoms with E-state index >= 15 is 0 Å². The zero-order valence-electron chi connectivity index (χ0n) is 11.6. The number of hydrogen-bond donors (Lipinski definition) is 0. The first kappa shape index (κ1) is 14.4. The fraction of sp³-hybridized carbons (Fsp3) is 0.467. The van der Waals surface area contributed by atoms with Gasteiger partial charge in [-0.15, -0.1) is 0 Å². The highest BCUT2D eigenvalue weighted by Crippen LogP contribution is 2.20. The molecular formula is C15H20O3. The highest BCUT2D eigenvalue weighted by Gasteiger charge is 2.31.